The highest BCUT2D eigenvalue weighted by atomic mass is 15.4. The number of benzene rings is 2. The molecule has 0 saturated carbocycles. The van der Waals surface area contributed by atoms with Crippen molar-refractivity contribution in [2.75, 3.05) is 13.1 Å². The van der Waals surface area contributed by atoms with Crippen LogP contribution in [0.3, 0.4) is 0 Å². The second-order valence-electron chi connectivity index (χ2n) is 6.37. The number of hydrogen-bond acceptors (Lipinski definition) is 3. The SMILES string of the molecule is c1ccc(Cc2nnn(-c3ccccc3)c2C2CCCNC2)cc1. The van der Waals surface area contributed by atoms with E-state index in [0.717, 1.165) is 30.9 Å². The van der Waals surface area contributed by atoms with Crippen molar-refractivity contribution in [2.45, 2.75) is 25.2 Å². The summed E-state index contributed by atoms with van der Waals surface area (Å²) < 4.78 is 2.04. The van der Waals surface area contributed by atoms with Gasteiger partial charge in [-0.05, 0) is 37.1 Å². The molecule has 4 nitrogen and oxygen atoms in total. The van der Waals surface area contributed by atoms with Crippen LogP contribution in [0.4, 0.5) is 0 Å². The summed E-state index contributed by atoms with van der Waals surface area (Å²) in [5.41, 5.74) is 4.73. The van der Waals surface area contributed by atoms with Crippen LogP contribution in [-0.4, -0.2) is 28.1 Å². The first-order valence-corrected chi connectivity index (χ1v) is 8.66. The van der Waals surface area contributed by atoms with Crippen molar-refractivity contribution in [2.24, 2.45) is 0 Å². The fraction of sp³-hybridized carbons (Fsp3) is 0.300. The lowest BCUT2D eigenvalue weighted by Gasteiger charge is -2.24. The summed E-state index contributed by atoms with van der Waals surface area (Å²) in [6, 6.07) is 20.9. The third-order valence-electron chi connectivity index (χ3n) is 4.68. The van der Waals surface area contributed by atoms with Gasteiger partial charge in [-0.15, -0.1) is 5.10 Å². The van der Waals surface area contributed by atoms with E-state index >= 15 is 0 Å². The molecule has 24 heavy (non-hydrogen) atoms. The molecule has 4 heteroatoms. The van der Waals surface area contributed by atoms with E-state index in [2.05, 4.69) is 70.2 Å². The van der Waals surface area contributed by atoms with E-state index in [1.54, 1.807) is 0 Å². The van der Waals surface area contributed by atoms with Gasteiger partial charge in [-0.3, -0.25) is 0 Å². The predicted molar refractivity (Wildman–Crippen MR) is 95.5 cm³/mol. The molecule has 122 valence electrons. The predicted octanol–water partition coefficient (Wildman–Crippen LogP) is 3.33. The van der Waals surface area contributed by atoms with Crippen molar-refractivity contribution < 1.29 is 0 Å². The largest absolute Gasteiger partial charge is 0.316 e. The molecular weight excluding hydrogens is 296 g/mol. The molecular formula is C20H22N4. The lowest BCUT2D eigenvalue weighted by Crippen LogP contribution is -2.30. The Balaban J connectivity index is 1.74. The number of rotatable bonds is 4. The molecule has 0 spiro atoms. The van der Waals surface area contributed by atoms with E-state index in [9.17, 15) is 0 Å². The first kappa shape index (κ1) is 15.1. The van der Waals surface area contributed by atoms with Crippen LogP contribution < -0.4 is 5.32 Å². The summed E-state index contributed by atoms with van der Waals surface area (Å²) >= 11 is 0. The van der Waals surface area contributed by atoms with E-state index in [1.165, 1.54) is 24.1 Å². The Kier molecular flexibility index (Phi) is 4.38. The van der Waals surface area contributed by atoms with Gasteiger partial charge in [-0.1, -0.05) is 53.7 Å². The van der Waals surface area contributed by atoms with Crippen molar-refractivity contribution in [3.63, 3.8) is 0 Å². The van der Waals surface area contributed by atoms with Gasteiger partial charge in [0.15, 0.2) is 0 Å². The summed E-state index contributed by atoms with van der Waals surface area (Å²) in [5.74, 6) is 0.465. The number of aromatic nitrogens is 3. The van der Waals surface area contributed by atoms with Gasteiger partial charge in [0.25, 0.3) is 0 Å². The summed E-state index contributed by atoms with van der Waals surface area (Å²) in [4.78, 5) is 0. The summed E-state index contributed by atoms with van der Waals surface area (Å²) in [7, 11) is 0. The molecule has 0 bridgehead atoms. The third kappa shape index (κ3) is 3.10. The molecule has 1 saturated heterocycles. The number of piperidine rings is 1. The van der Waals surface area contributed by atoms with Crippen molar-refractivity contribution in [1.82, 2.24) is 20.3 Å². The number of nitrogens with one attached hydrogen (secondary N) is 1. The summed E-state index contributed by atoms with van der Waals surface area (Å²) in [6.07, 6.45) is 3.23. The summed E-state index contributed by atoms with van der Waals surface area (Å²) in [6.45, 7) is 2.11. The van der Waals surface area contributed by atoms with Gasteiger partial charge in [0.2, 0.25) is 0 Å². The van der Waals surface area contributed by atoms with Gasteiger partial charge in [-0.25, -0.2) is 4.68 Å². The maximum Gasteiger partial charge on any atom is 0.0910 e. The topological polar surface area (TPSA) is 42.7 Å². The Bertz CT molecular complexity index is 774. The molecule has 2 heterocycles. The smallest absolute Gasteiger partial charge is 0.0910 e. The standard InChI is InChI=1S/C20H22N4/c1-3-8-16(9-4-1)14-19-20(17-10-7-13-21-15-17)24(23-22-19)18-11-5-2-6-12-18/h1-6,8-9,11-12,17,21H,7,10,13-15H2. The average molecular weight is 318 g/mol. The van der Waals surface area contributed by atoms with Crippen molar-refractivity contribution in [1.29, 1.82) is 0 Å². The maximum absolute atomic E-state index is 4.55. The van der Waals surface area contributed by atoms with Crippen LogP contribution in [0.1, 0.15) is 35.7 Å². The molecule has 1 unspecified atom stereocenters. The van der Waals surface area contributed by atoms with Gasteiger partial charge in [0.05, 0.1) is 17.1 Å². The maximum atomic E-state index is 4.55. The van der Waals surface area contributed by atoms with Crippen LogP contribution in [-0.2, 0) is 6.42 Å². The normalized spacial score (nSPS) is 17.8. The van der Waals surface area contributed by atoms with Crippen molar-refractivity contribution in [3.05, 3.63) is 77.6 Å². The molecule has 1 aliphatic rings. The van der Waals surface area contributed by atoms with Crippen molar-refractivity contribution >= 4 is 0 Å². The molecule has 0 radical (unpaired) electrons. The molecule has 0 amide bonds. The fourth-order valence-corrected chi connectivity index (χ4v) is 3.49. The van der Waals surface area contributed by atoms with Gasteiger partial charge in [0.1, 0.15) is 0 Å². The molecule has 1 aromatic heterocycles. The van der Waals surface area contributed by atoms with Crippen LogP contribution in [0.5, 0.6) is 0 Å². The summed E-state index contributed by atoms with van der Waals surface area (Å²) in [5, 5.41) is 12.6. The van der Waals surface area contributed by atoms with Gasteiger partial charge in [0, 0.05) is 18.9 Å². The van der Waals surface area contributed by atoms with E-state index in [0.29, 0.717) is 5.92 Å². The highest BCUT2D eigenvalue weighted by Crippen LogP contribution is 2.28. The second-order valence-corrected chi connectivity index (χ2v) is 6.37. The van der Waals surface area contributed by atoms with Gasteiger partial charge in [-0.2, -0.15) is 0 Å². The first-order chi connectivity index (χ1) is 11.9. The van der Waals surface area contributed by atoms with Gasteiger partial charge < -0.3 is 5.32 Å². The van der Waals surface area contributed by atoms with Crippen LogP contribution in [0.2, 0.25) is 0 Å². The molecule has 1 atom stereocenters. The van der Waals surface area contributed by atoms with E-state index in [1.807, 2.05) is 10.7 Å². The monoisotopic (exact) mass is 318 g/mol. The zero-order valence-corrected chi connectivity index (χ0v) is 13.7. The second kappa shape index (κ2) is 6.97. The molecule has 2 aromatic carbocycles. The fourth-order valence-electron chi connectivity index (χ4n) is 3.49. The van der Waals surface area contributed by atoms with Crippen molar-refractivity contribution in [3.8, 4) is 5.69 Å². The van der Waals surface area contributed by atoms with Crippen LogP contribution in [0, 0.1) is 0 Å². The van der Waals surface area contributed by atoms with Crippen LogP contribution in [0.25, 0.3) is 5.69 Å². The Morgan fingerprint density at radius 2 is 1.75 bits per heavy atom. The minimum atomic E-state index is 0.465. The van der Waals surface area contributed by atoms with E-state index in [4.69, 9.17) is 0 Å². The third-order valence-corrected chi connectivity index (χ3v) is 4.68. The zero-order chi connectivity index (χ0) is 16.2. The first-order valence-electron chi connectivity index (χ1n) is 8.66. The van der Waals surface area contributed by atoms with E-state index in [-0.39, 0.29) is 0 Å². The van der Waals surface area contributed by atoms with Crippen LogP contribution >= 0.6 is 0 Å². The minimum absolute atomic E-state index is 0.465. The Morgan fingerprint density at radius 1 is 1.00 bits per heavy atom. The lowest BCUT2D eigenvalue weighted by molar-refractivity contribution is 0.446. The lowest BCUT2D eigenvalue weighted by atomic mass is 9.93. The highest BCUT2D eigenvalue weighted by molar-refractivity contribution is 5.36. The number of hydrogen-bond donors (Lipinski definition) is 1. The Labute approximate surface area is 142 Å². The molecule has 4 rings (SSSR count). The molecule has 1 aliphatic heterocycles. The molecule has 1 N–H and O–H groups in total. The number of para-hydroxylation sites is 1. The quantitative estimate of drug-likeness (QED) is 0.802. The number of nitrogens with zero attached hydrogens (tertiary/aromatic N) is 3. The Morgan fingerprint density at radius 3 is 2.46 bits per heavy atom. The molecule has 3 aromatic rings. The zero-order valence-electron chi connectivity index (χ0n) is 13.7. The average Bonchev–Trinajstić information content (AvgIpc) is 3.07. The molecule has 1 fully saturated rings. The molecule has 0 aliphatic carbocycles. The van der Waals surface area contributed by atoms with Gasteiger partial charge >= 0.3 is 0 Å². The van der Waals surface area contributed by atoms with E-state index < -0.39 is 0 Å². The minimum Gasteiger partial charge on any atom is -0.316 e. The highest BCUT2D eigenvalue weighted by Gasteiger charge is 2.25. The Hall–Kier alpha value is -2.46. The van der Waals surface area contributed by atoms with Crippen LogP contribution in [0.15, 0.2) is 60.7 Å².